The van der Waals surface area contributed by atoms with Crippen molar-refractivity contribution in [2.45, 2.75) is 19.5 Å². The summed E-state index contributed by atoms with van der Waals surface area (Å²) in [5, 5.41) is 10.6. The number of phenols is 1. The van der Waals surface area contributed by atoms with E-state index >= 15 is 0 Å². The van der Waals surface area contributed by atoms with Crippen LogP contribution < -0.4 is 0 Å². The van der Waals surface area contributed by atoms with Gasteiger partial charge in [0.05, 0.1) is 5.52 Å². The zero-order chi connectivity index (χ0) is 11.7. The summed E-state index contributed by atoms with van der Waals surface area (Å²) in [6.07, 6.45) is 2.03. The Labute approximate surface area is 95.9 Å². The summed E-state index contributed by atoms with van der Waals surface area (Å²) in [4.78, 5) is 2.19. The first kappa shape index (κ1) is 11.0. The summed E-state index contributed by atoms with van der Waals surface area (Å²) in [5.41, 5.74) is 1.09. The molecule has 86 valence electrons. The van der Waals surface area contributed by atoms with Crippen molar-refractivity contribution >= 4 is 10.9 Å². The summed E-state index contributed by atoms with van der Waals surface area (Å²) >= 11 is 0. The summed E-state index contributed by atoms with van der Waals surface area (Å²) in [7, 11) is 4.15. The van der Waals surface area contributed by atoms with E-state index in [2.05, 4.69) is 30.5 Å². The number of likely N-dealkylation sites (N-methyl/N-ethyl adjacent to an activating group) is 1. The maximum atomic E-state index is 9.70. The molecule has 3 heteroatoms. The third kappa shape index (κ3) is 1.91. The quantitative estimate of drug-likeness (QED) is 0.856. The molecule has 0 bridgehead atoms. The SMILES string of the molecule is CC(Cn1ccc2c(O)cccc21)N(C)C. The maximum Gasteiger partial charge on any atom is 0.124 e. The van der Waals surface area contributed by atoms with Gasteiger partial charge in [-0.05, 0) is 39.2 Å². The van der Waals surface area contributed by atoms with Gasteiger partial charge >= 0.3 is 0 Å². The lowest BCUT2D eigenvalue weighted by molar-refractivity contribution is 0.286. The van der Waals surface area contributed by atoms with Gasteiger partial charge in [-0.15, -0.1) is 0 Å². The predicted molar refractivity (Wildman–Crippen MR) is 66.8 cm³/mol. The van der Waals surface area contributed by atoms with Crippen LogP contribution in [0.4, 0.5) is 0 Å². The topological polar surface area (TPSA) is 28.4 Å². The van der Waals surface area contributed by atoms with Crippen LogP contribution >= 0.6 is 0 Å². The van der Waals surface area contributed by atoms with Crippen molar-refractivity contribution in [3.63, 3.8) is 0 Å². The van der Waals surface area contributed by atoms with Gasteiger partial charge < -0.3 is 14.6 Å². The van der Waals surface area contributed by atoms with E-state index in [4.69, 9.17) is 0 Å². The lowest BCUT2D eigenvalue weighted by Crippen LogP contribution is -2.28. The Balaban J connectivity index is 2.36. The van der Waals surface area contributed by atoms with Gasteiger partial charge in [-0.3, -0.25) is 0 Å². The minimum Gasteiger partial charge on any atom is -0.507 e. The first-order valence-electron chi connectivity index (χ1n) is 5.53. The molecule has 1 aromatic heterocycles. The van der Waals surface area contributed by atoms with Gasteiger partial charge in [-0.2, -0.15) is 0 Å². The van der Waals surface area contributed by atoms with Crippen LogP contribution in [-0.2, 0) is 6.54 Å². The number of phenolic OH excluding ortho intramolecular Hbond substituents is 1. The number of hydrogen-bond acceptors (Lipinski definition) is 2. The van der Waals surface area contributed by atoms with Gasteiger partial charge in [0.1, 0.15) is 5.75 Å². The Bertz CT molecular complexity index is 488. The maximum absolute atomic E-state index is 9.70. The molecule has 0 radical (unpaired) electrons. The zero-order valence-corrected chi connectivity index (χ0v) is 10.0. The van der Waals surface area contributed by atoms with Crippen LogP contribution in [0.5, 0.6) is 5.75 Å². The monoisotopic (exact) mass is 218 g/mol. The molecule has 3 nitrogen and oxygen atoms in total. The third-order valence-corrected chi connectivity index (χ3v) is 3.13. The molecule has 0 aliphatic heterocycles. The normalized spacial score (nSPS) is 13.5. The van der Waals surface area contributed by atoms with Crippen LogP contribution in [0, 0.1) is 0 Å². The van der Waals surface area contributed by atoms with Gasteiger partial charge in [0.2, 0.25) is 0 Å². The first-order valence-corrected chi connectivity index (χ1v) is 5.53. The van der Waals surface area contributed by atoms with Crippen molar-refractivity contribution in [2.75, 3.05) is 14.1 Å². The highest BCUT2D eigenvalue weighted by Crippen LogP contribution is 2.25. The summed E-state index contributed by atoms with van der Waals surface area (Å²) in [6, 6.07) is 8.08. The smallest absolute Gasteiger partial charge is 0.124 e. The fourth-order valence-corrected chi connectivity index (χ4v) is 1.81. The predicted octanol–water partition coefficient (Wildman–Crippen LogP) is 2.30. The Morgan fingerprint density at radius 2 is 2.06 bits per heavy atom. The van der Waals surface area contributed by atoms with E-state index in [1.54, 1.807) is 6.07 Å². The average Bonchev–Trinajstić information content (AvgIpc) is 2.63. The third-order valence-electron chi connectivity index (χ3n) is 3.13. The molecule has 2 rings (SSSR count). The van der Waals surface area contributed by atoms with Crippen LogP contribution in [-0.4, -0.2) is 34.7 Å². The van der Waals surface area contributed by atoms with Crippen molar-refractivity contribution in [1.29, 1.82) is 0 Å². The molecule has 1 atom stereocenters. The number of hydrogen-bond donors (Lipinski definition) is 1. The number of rotatable bonds is 3. The summed E-state index contributed by atoms with van der Waals surface area (Å²) in [5.74, 6) is 0.355. The second kappa shape index (κ2) is 4.18. The van der Waals surface area contributed by atoms with Crippen LogP contribution in [0.1, 0.15) is 6.92 Å². The van der Waals surface area contributed by atoms with E-state index in [9.17, 15) is 5.11 Å². The highest BCUT2D eigenvalue weighted by molar-refractivity contribution is 5.86. The molecule has 0 fully saturated rings. The van der Waals surface area contributed by atoms with Gasteiger partial charge in [0, 0.05) is 24.2 Å². The Kier molecular flexibility index (Phi) is 2.88. The summed E-state index contributed by atoms with van der Waals surface area (Å²) in [6.45, 7) is 3.12. The number of nitrogens with zero attached hydrogens (tertiary/aromatic N) is 2. The first-order chi connectivity index (χ1) is 7.59. The highest BCUT2D eigenvalue weighted by Gasteiger charge is 2.09. The molecule has 1 heterocycles. The molecule has 0 aliphatic carbocycles. The molecule has 0 amide bonds. The highest BCUT2D eigenvalue weighted by atomic mass is 16.3. The fraction of sp³-hybridized carbons (Fsp3) is 0.385. The number of benzene rings is 1. The molecular formula is C13H18N2O. The van der Waals surface area contributed by atoms with Gasteiger partial charge in [-0.1, -0.05) is 6.07 Å². The van der Waals surface area contributed by atoms with E-state index in [-0.39, 0.29) is 0 Å². The van der Waals surface area contributed by atoms with Crippen molar-refractivity contribution in [3.05, 3.63) is 30.5 Å². The molecule has 1 aromatic carbocycles. The number of aromatic nitrogens is 1. The van der Waals surface area contributed by atoms with E-state index in [0.29, 0.717) is 11.8 Å². The number of fused-ring (bicyclic) bond motifs is 1. The van der Waals surface area contributed by atoms with Crippen LogP contribution in [0.25, 0.3) is 10.9 Å². The van der Waals surface area contributed by atoms with Gasteiger partial charge in [0.15, 0.2) is 0 Å². The van der Waals surface area contributed by atoms with E-state index in [1.807, 2.05) is 24.4 Å². The van der Waals surface area contributed by atoms with Crippen molar-refractivity contribution in [1.82, 2.24) is 9.47 Å². The van der Waals surface area contributed by atoms with E-state index in [1.165, 1.54) is 0 Å². The molecule has 1 N–H and O–H groups in total. The van der Waals surface area contributed by atoms with Crippen molar-refractivity contribution in [2.24, 2.45) is 0 Å². The van der Waals surface area contributed by atoms with Crippen LogP contribution in [0.15, 0.2) is 30.5 Å². The lowest BCUT2D eigenvalue weighted by Gasteiger charge is -2.20. The second-order valence-electron chi connectivity index (χ2n) is 4.49. The van der Waals surface area contributed by atoms with Crippen LogP contribution in [0.3, 0.4) is 0 Å². The van der Waals surface area contributed by atoms with Crippen molar-refractivity contribution in [3.8, 4) is 5.75 Å². The summed E-state index contributed by atoms with van der Waals surface area (Å²) < 4.78 is 2.18. The molecule has 0 spiro atoms. The molecule has 0 aliphatic rings. The van der Waals surface area contributed by atoms with Crippen LogP contribution in [0.2, 0.25) is 0 Å². The molecule has 0 saturated heterocycles. The molecular weight excluding hydrogens is 200 g/mol. The average molecular weight is 218 g/mol. The number of aromatic hydroxyl groups is 1. The largest absolute Gasteiger partial charge is 0.507 e. The van der Waals surface area contributed by atoms with Gasteiger partial charge in [0.25, 0.3) is 0 Å². The van der Waals surface area contributed by atoms with E-state index in [0.717, 1.165) is 17.4 Å². The molecule has 0 saturated carbocycles. The Morgan fingerprint density at radius 1 is 1.31 bits per heavy atom. The molecule has 2 aromatic rings. The minimum absolute atomic E-state index is 0.355. The Morgan fingerprint density at radius 3 is 2.75 bits per heavy atom. The lowest BCUT2D eigenvalue weighted by atomic mass is 10.2. The fourth-order valence-electron chi connectivity index (χ4n) is 1.81. The zero-order valence-electron chi connectivity index (χ0n) is 10.0. The molecule has 16 heavy (non-hydrogen) atoms. The van der Waals surface area contributed by atoms with Gasteiger partial charge in [-0.25, -0.2) is 0 Å². The Hall–Kier alpha value is -1.48. The molecule has 1 unspecified atom stereocenters. The van der Waals surface area contributed by atoms with E-state index < -0.39 is 0 Å². The second-order valence-corrected chi connectivity index (χ2v) is 4.49. The minimum atomic E-state index is 0.355. The standard InChI is InChI=1S/C13H18N2O/c1-10(14(2)3)9-15-8-7-11-12(15)5-4-6-13(11)16/h4-8,10,16H,9H2,1-3H3. The van der Waals surface area contributed by atoms with Crippen molar-refractivity contribution < 1.29 is 5.11 Å².